The molecule has 1 fully saturated rings. The zero-order chi connectivity index (χ0) is 14.2. The van der Waals surface area contributed by atoms with Gasteiger partial charge in [0.05, 0.1) is 11.4 Å². The Labute approximate surface area is 118 Å². The maximum absolute atomic E-state index is 12.7. The zero-order valence-corrected chi connectivity index (χ0v) is 11.8. The third-order valence-corrected chi connectivity index (χ3v) is 5.49. The number of carbonyl (C=O) groups is 1. The minimum absolute atomic E-state index is 0.00838. The standard InChI is InChI=1S/C15H15NO3S/c17-13-7-4-10-16(11-13)20(18,19)15-9-3-6-12-5-1-2-8-14(12)15/h1-3,5-6,8-9H,4,7,10-11H2. The first-order valence-electron chi connectivity index (χ1n) is 6.59. The van der Waals surface area contributed by atoms with E-state index in [2.05, 4.69) is 0 Å². The van der Waals surface area contributed by atoms with Gasteiger partial charge in [-0.3, -0.25) is 4.79 Å². The molecule has 1 aliphatic heterocycles. The minimum Gasteiger partial charge on any atom is -0.298 e. The first-order chi connectivity index (χ1) is 9.59. The lowest BCUT2D eigenvalue weighted by Gasteiger charge is -2.25. The lowest BCUT2D eigenvalue weighted by molar-refractivity contribution is -0.120. The zero-order valence-electron chi connectivity index (χ0n) is 11.0. The number of hydrogen-bond donors (Lipinski definition) is 0. The second kappa shape index (κ2) is 5.00. The second-order valence-electron chi connectivity index (χ2n) is 4.96. The van der Waals surface area contributed by atoms with E-state index in [0.717, 1.165) is 5.39 Å². The molecule has 0 atom stereocenters. The lowest BCUT2D eigenvalue weighted by Crippen LogP contribution is -2.40. The summed E-state index contributed by atoms with van der Waals surface area (Å²) in [4.78, 5) is 11.8. The molecule has 3 rings (SSSR count). The highest BCUT2D eigenvalue weighted by Gasteiger charge is 2.30. The Bertz CT molecular complexity index is 762. The number of Topliss-reactive ketones (excluding diaryl/α,β-unsaturated/α-hetero) is 1. The molecule has 5 heteroatoms. The summed E-state index contributed by atoms with van der Waals surface area (Å²) in [6.45, 7) is 0.406. The summed E-state index contributed by atoms with van der Waals surface area (Å²) in [5, 5.41) is 1.59. The van der Waals surface area contributed by atoms with Gasteiger partial charge in [-0.15, -0.1) is 0 Å². The van der Waals surface area contributed by atoms with Crippen molar-refractivity contribution in [1.29, 1.82) is 0 Å². The van der Waals surface area contributed by atoms with Crippen LogP contribution in [0.25, 0.3) is 10.8 Å². The van der Waals surface area contributed by atoms with Crippen LogP contribution in [-0.4, -0.2) is 31.6 Å². The van der Waals surface area contributed by atoms with Crippen LogP contribution in [0.15, 0.2) is 47.4 Å². The Morgan fingerprint density at radius 2 is 1.75 bits per heavy atom. The van der Waals surface area contributed by atoms with Crippen molar-refractivity contribution in [3.05, 3.63) is 42.5 Å². The number of hydrogen-bond acceptors (Lipinski definition) is 3. The third-order valence-electron chi connectivity index (χ3n) is 3.58. The highest BCUT2D eigenvalue weighted by atomic mass is 32.2. The van der Waals surface area contributed by atoms with Crippen LogP contribution in [0.3, 0.4) is 0 Å². The van der Waals surface area contributed by atoms with Crippen LogP contribution in [0.4, 0.5) is 0 Å². The molecule has 0 bridgehead atoms. The van der Waals surface area contributed by atoms with Gasteiger partial charge in [0.25, 0.3) is 0 Å². The van der Waals surface area contributed by atoms with Crippen molar-refractivity contribution in [1.82, 2.24) is 4.31 Å². The van der Waals surface area contributed by atoms with Gasteiger partial charge in [0.15, 0.2) is 0 Å². The summed E-state index contributed by atoms with van der Waals surface area (Å²) in [5.41, 5.74) is 0. The van der Waals surface area contributed by atoms with Crippen molar-refractivity contribution in [2.45, 2.75) is 17.7 Å². The molecule has 2 aromatic rings. The van der Waals surface area contributed by atoms with E-state index in [1.165, 1.54) is 4.31 Å². The summed E-state index contributed by atoms with van der Waals surface area (Å²) < 4.78 is 26.7. The Morgan fingerprint density at radius 1 is 1.00 bits per heavy atom. The summed E-state index contributed by atoms with van der Waals surface area (Å²) >= 11 is 0. The fourth-order valence-electron chi connectivity index (χ4n) is 2.57. The maximum Gasteiger partial charge on any atom is 0.244 e. The largest absolute Gasteiger partial charge is 0.298 e. The molecule has 1 heterocycles. The molecule has 1 aliphatic rings. The molecule has 0 amide bonds. The summed E-state index contributed by atoms with van der Waals surface area (Å²) in [6.07, 6.45) is 1.07. The van der Waals surface area contributed by atoms with E-state index < -0.39 is 10.0 Å². The Morgan fingerprint density at radius 3 is 2.55 bits per heavy atom. The van der Waals surface area contributed by atoms with Crippen LogP contribution in [0.2, 0.25) is 0 Å². The van der Waals surface area contributed by atoms with E-state index >= 15 is 0 Å². The summed E-state index contributed by atoms with van der Waals surface area (Å²) in [6, 6.07) is 12.6. The van der Waals surface area contributed by atoms with Crippen LogP contribution >= 0.6 is 0 Å². The molecule has 0 aromatic heterocycles. The highest BCUT2D eigenvalue weighted by molar-refractivity contribution is 7.89. The predicted molar refractivity (Wildman–Crippen MR) is 76.9 cm³/mol. The van der Waals surface area contributed by atoms with Gasteiger partial charge in [-0.05, 0) is 17.9 Å². The Balaban J connectivity index is 2.12. The normalized spacial score (nSPS) is 17.5. The van der Waals surface area contributed by atoms with Gasteiger partial charge in [-0.25, -0.2) is 8.42 Å². The van der Waals surface area contributed by atoms with E-state index in [1.54, 1.807) is 18.2 Å². The van der Waals surface area contributed by atoms with Crippen molar-refractivity contribution in [3.63, 3.8) is 0 Å². The molecule has 1 saturated heterocycles. The van der Waals surface area contributed by atoms with E-state index in [0.29, 0.717) is 24.8 Å². The molecule has 4 nitrogen and oxygen atoms in total. The third kappa shape index (κ3) is 2.23. The van der Waals surface area contributed by atoms with Crippen LogP contribution in [0.1, 0.15) is 12.8 Å². The van der Waals surface area contributed by atoms with Crippen molar-refractivity contribution >= 4 is 26.6 Å². The monoisotopic (exact) mass is 289 g/mol. The minimum atomic E-state index is -3.61. The average Bonchev–Trinajstić information content (AvgIpc) is 2.46. The van der Waals surface area contributed by atoms with E-state index in [-0.39, 0.29) is 17.2 Å². The van der Waals surface area contributed by atoms with Gasteiger partial charge < -0.3 is 0 Å². The molecule has 20 heavy (non-hydrogen) atoms. The van der Waals surface area contributed by atoms with Crippen LogP contribution in [0.5, 0.6) is 0 Å². The number of fused-ring (bicyclic) bond motifs is 1. The number of carbonyl (C=O) groups excluding carboxylic acids is 1. The summed E-state index contributed by atoms with van der Waals surface area (Å²) in [5.74, 6) is -0.0138. The molecule has 0 radical (unpaired) electrons. The number of piperidine rings is 1. The fourth-order valence-corrected chi connectivity index (χ4v) is 4.25. The van der Waals surface area contributed by atoms with Gasteiger partial charge in [0.1, 0.15) is 5.78 Å². The Kier molecular flexibility index (Phi) is 3.31. The van der Waals surface area contributed by atoms with Crippen LogP contribution in [0, 0.1) is 0 Å². The van der Waals surface area contributed by atoms with E-state index in [9.17, 15) is 13.2 Å². The van der Waals surface area contributed by atoms with Crippen molar-refractivity contribution < 1.29 is 13.2 Å². The first-order valence-corrected chi connectivity index (χ1v) is 8.03. The first kappa shape index (κ1) is 13.3. The molecular weight excluding hydrogens is 274 g/mol. The van der Waals surface area contributed by atoms with Crippen molar-refractivity contribution in [2.24, 2.45) is 0 Å². The molecular formula is C15H15NO3S. The van der Waals surface area contributed by atoms with E-state index in [1.807, 2.05) is 24.3 Å². The Hall–Kier alpha value is -1.72. The number of sulfonamides is 1. The van der Waals surface area contributed by atoms with Gasteiger partial charge in [0.2, 0.25) is 10.0 Å². The van der Waals surface area contributed by atoms with Crippen molar-refractivity contribution in [3.8, 4) is 0 Å². The number of ketones is 1. The van der Waals surface area contributed by atoms with Crippen LogP contribution in [-0.2, 0) is 14.8 Å². The number of benzene rings is 2. The quantitative estimate of drug-likeness (QED) is 0.851. The van der Waals surface area contributed by atoms with Gasteiger partial charge in [-0.1, -0.05) is 36.4 Å². The fraction of sp³-hybridized carbons (Fsp3) is 0.267. The second-order valence-corrected chi connectivity index (χ2v) is 6.86. The van der Waals surface area contributed by atoms with Gasteiger partial charge >= 0.3 is 0 Å². The molecule has 0 saturated carbocycles. The molecule has 0 aliphatic carbocycles. The average molecular weight is 289 g/mol. The van der Waals surface area contributed by atoms with Crippen molar-refractivity contribution in [2.75, 3.05) is 13.1 Å². The molecule has 0 unspecified atom stereocenters. The lowest BCUT2D eigenvalue weighted by atomic mass is 10.1. The van der Waals surface area contributed by atoms with Gasteiger partial charge in [-0.2, -0.15) is 4.31 Å². The smallest absolute Gasteiger partial charge is 0.244 e. The molecule has 104 valence electrons. The van der Waals surface area contributed by atoms with E-state index in [4.69, 9.17) is 0 Å². The number of nitrogens with zero attached hydrogens (tertiary/aromatic N) is 1. The van der Waals surface area contributed by atoms with Crippen LogP contribution < -0.4 is 0 Å². The highest BCUT2D eigenvalue weighted by Crippen LogP contribution is 2.26. The topological polar surface area (TPSA) is 54.5 Å². The number of rotatable bonds is 2. The summed E-state index contributed by atoms with van der Waals surface area (Å²) in [7, 11) is -3.61. The van der Waals surface area contributed by atoms with Gasteiger partial charge in [0, 0.05) is 18.4 Å². The maximum atomic E-state index is 12.7. The molecule has 0 N–H and O–H groups in total. The SMILES string of the molecule is O=C1CCCN(S(=O)(=O)c2cccc3ccccc23)C1. The molecule has 2 aromatic carbocycles. The molecule has 0 spiro atoms. The predicted octanol–water partition coefficient (Wildman–Crippen LogP) is 2.19.